The molecular weight excluding hydrogens is 278 g/mol. The Labute approximate surface area is 128 Å². The van der Waals surface area contributed by atoms with Crippen molar-refractivity contribution in [3.8, 4) is 0 Å². The third-order valence-electron chi connectivity index (χ3n) is 3.71. The van der Waals surface area contributed by atoms with Gasteiger partial charge in [-0.1, -0.05) is 23.4 Å². The van der Waals surface area contributed by atoms with Crippen LogP contribution in [-0.4, -0.2) is 23.1 Å². The van der Waals surface area contributed by atoms with Crippen LogP contribution in [0.3, 0.4) is 0 Å². The van der Waals surface area contributed by atoms with Crippen molar-refractivity contribution in [2.75, 3.05) is 11.9 Å². The van der Waals surface area contributed by atoms with E-state index in [1.165, 1.54) is 0 Å². The summed E-state index contributed by atoms with van der Waals surface area (Å²) in [6, 6.07) is 9.86. The summed E-state index contributed by atoms with van der Waals surface area (Å²) < 4.78 is 5.12. The number of hydrogen-bond donors (Lipinski definition) is 0. The van der Waals surface area contributed by atoms with Crippen molar-refractivity contribution in [3.63, 3.8) is 0 Å². The van der Waals surface area contributed by atoms with E-state index in [4.69, 9.17) is 4.52 Å². The van der Waals surface area contributed by atoms with Crippen molar-refractivity contribution in [2.24, 2.45) is 0 Å². The lowest BCUT2D eigenvalue weighted by Gasteiger charge is -2.16. The fourth-order valence-corrected chi connectivity index (χ4v) is 2.59. The molecule has 0 aliphatic heterocycles. The van der Waals surface area contributed by atoms with E-state index in [2.05, 4.69) is 10.1 Å². The summed E-state index contributed by atoms with van der Waals surface area (Å²) in [5, 5.41) is 4.92. The molecular formula is C17H17N3O2. The van der Waals surface area contributed by atoms with E-state index in [9.17, 15) is 4.79 Å². The zero-order valence-electron chi connectivity index (χ0n) is 12.8. The maximum atomic E-state index is 12.5. The molecule has 2 aromatic heterocycles. The Hall–Kier alpha value is -2.69. The van der Waals surface area contributed by atoms with Gasteiger partial charge in [0, 0.05) is 18.6 Å². The van der Waals surface area contributed by atoms with Crippen LogP contribution in [0.5, 0.6) is 0 Å². The van der Waals surface area contributed by atoms with Crippen LogP contribution in [0.2, 0.25) is 0 Å². The number of carbonyl (C=O) groups is 1. The van der Waals surface area contributed by atoms with E-state index in [1.807, 2.05) is 37.3 Å². The van der Waals surface area contributed by atoms with E-state index in [0.29, 0.717) is 17.9 Å². The number of likely N-dealkylation sites (N-methyl/N-ethyl adjacent to an activating group) is 1. The summed E-state index contributed by atoms with van der Waals surface area (Å²) in [7, 11) is 1.74. The molecule has 1 aromatic carbocycles. The maximum absolute atomic E-state index is 12.5. The molecule has 0 bridgehead atoms. The quantitative estimate of drug-likeness (QED) is 0.745. The fraction of sp³-hybridized carbons (Fsp3) is 0.235. The third kappa shape index (κ3) is 2.57. The largest absolute Gasteiger partial charge is 0.359 e. The van der Waals surface area contributed by atoms with Gasteiger partial charge in [-0.3, -0.25) is 9.78 Å². The number of rotatable bonds is 3. The molecule has 2 heterocycles. The van der Waals surface area contributed by atoms with E-state index in [0.717, 1.165) is 22.2 Å². The highest BCUT2D eigenvalue weighted by atomic mass is 16.5. The first-order chi connectivity index (χ1) is 10.6. The van der Waals surface area contributed by atoms with Gasteiger partial charge < -0.3 is 9.42 Å². The number of para-hydroxylation sites is 1. The summed E-state index contributed by atoms with van der Waals surface area (Å²) in [6.45, 7) is 3.63. The average molecular weight is 295 g/mol. The molecule has 0 fully saturated rings. The Kier molecular flexibility index (Phi) is 3.63. The second-order valence-corrected chi connectivity index (χ2v) is 5.34. The summed E-state index contributed by atoms with van der Waals surface area (Å²) in [5.41, 5.74) is 3.27. The number of anilines is 1. The molecule has 5 nitrogen and oxygen atoms in total. The Balaban J connectivity index is 1.83. The van der Waals surface area contributed by atoms with Gasteiger partial charge in [-0.15, -0.1) is 0 Å². The monoisotopic (exact) mass is 295 g/mol. The first kappa shape index (κ1) is 14.3. The Morgan fingerprint density at radius 1 is 1.27 bits per heavy atom. The van der Waals surface area contributed by atoms with E-state index in [-0.39, 0.29) is 5.91 Å². The Bertz CT molecular complexity index is 819. The standard InChI is InChI=1S/C17H17N3O2/c1-11-17(12(2)22-19-11)20(3)16(21)9-13-8-14-6-4-5-7-15(14)18-10-13/h4-8,10H,9H2,1-3H3. The number of amides is 1. The van der Waals surface area contributed by atoms with Crippen LogP contribution in [0.15, 0.2) is 41.1 Å². The summed E-state index contributed by atoms with van der Waals surface area (Å²) >= 11 is 0. The molecule has 0 saturated carbocycles. The highest BCUT2D eigenvalue weighted by Crippen LogP contribution is 2.23. The van der Waals surface area contributed by atoms with Crippen LogP contribution in [0, 0.1) is 13.8 Å². The minimum absolute atomic E-state index is 0.0218. The van der Waals surface area contributed by atoms with E-state index < -0.39 is 0 Å². The highest BCUT2D eigenvalue weighted by molar-refractivity contribution is 5.95. The van der Waals surface area contributed by atoms with Crippen molar-refractivity contribution in [2.45, 2.75) is 20.3 Å². The van der Waals surface area contributed by atoms with Gasteiger partial charge in [-0.25, -0.2) is 0 Å². The van der Waals surface area contributed by atoms with Crippen molar-refractivity contribution in [3.05, 3.63) is 53.5 Å². The molecule has 5 heteroatoms. The maximum Gasteiger partial charge on any atom is 0.231 e. The number of nitrogens with zero attached hydrogens (tertiary/aromatic N) is 3. The highest BCUT2D eigenvalue weighted by Gasteiger charge is 2.19. The van der Waals surface area contributed by atoms with Crippen LogP contribution < -0.4 is 4.90 Å². The number of aryl methyl sites for hydroxylation is 2. The summed E-state index contributed by atoms with van der Waals surface area (Å²) in [6.07, 6.45) is 2.04. The Morgan fingerprint density at radius 3 is 2.77 bits per heavy atom. The van der Waals surface area contributed by atoms with E-state index in [1.54, 1.807) is 25.1 Å². The number of pyridine rings is 1. The first-order valence-corrected chi connectivity index (χ1v) is 7.09. The number of benzene rings is 1. The minimum Gasteiger partial charge on any atom is -0.359 e. The fourth-order valence-electron chi connectivity index (χ4n) is 2.59. The van der Waals surface area contributed by atoms with Crippen molar-refractivity contribution in [1.29, 1.82) is 0 Å². The van der Waals surface area contributed by atoms with Gasteiger partial charge in [-0.05, 0) is 31.5 Å². The second kappa shape index (κ2) is 5.60. The van der Waals surface area contributed by atoms with Gasteiger partial charge in [0.15, 0.2) is 5.76 Å². The predicted molar refractivity (Wildman–Crippen MR) is 84.8 cm³/mol. The molecule has 0 unspecified atom stereocenters. The zero-order valence-corrected chi connectivity index (χ0v) is 12.8. The van der Waals surface area contributed by atoms with Crippen LogP contribution in [0.4, 0.5) is 5.69 Å². The SMILES string of the molecule is Cc1noc(C)c1N(C)C(=O)Cc1cnc2ccccc2c1. The molecule has 3 rings (SSSR count). The van der Waals surface area contributed by atoms with Crippen LogP contribution in [-0.2, 0) is 11.2 Å². The average Bonchev–Trinajstić information content (AvgIpc) is 2.85. The lowest BCUT2D eigenvalue weighted by molar-refractivity contribution is -0.117. The second-order valence-electron chi connectivity index (χ2n) is 5.34. The number of carbonyl (C=O) groups excluding carboxylic acids is 1. The molecule has 0 atom stereocenters. The van der Waals surface area contributed by atoms with Gasteiger partial charge >= 0.3 is 0 Å². The number of fused-ring (bicyclic) bond motifs is 1. The normalized spacial score (nSPS) is 10.9. The van der Waals surface area contributed by atoms with Gasteiger partial charge in [-0.2, -0.15) is 0 Å². The van der Waals surface area contributed by atoms with Gasteiger partial charge in [0.1, 0.15) is 11.4 Å². The molecule has 0 aliphatic rings. The molecule has 0 radical (unpaired) electrons. The van der Waals surface area contributed by atoms with Crippen LogP contribution >= 0.6 is 0 Å². The van der Waals surface area contributed by atoms with Gasteiger partial charge in [0.05, 0.1) is 11.9 Å². The van der Waals surface area contributed by atoms with Gasteiger partial charge in [0.2, 0.25) is 5.91 Å². The molecule has 1 amide bonds. The third-order valence-corrected chi connectivity index (χ3v) is 3.71. The molecule has 0 aliphatic carbocycles. The molecule has 0 saturated heterocycles. The molecule has 22 heavy (non-hydrogen) atoms. The smallest absolute Gasteiger partial charge is 0.231 e. The van der Waals surface area contributed by atoms with Crippen molar-refractivity contribution < 1.29 is 9.32 Å². The van der Waals surface area contributed by atoms with Crippen LogP contribution in [0.25, 0.3) is 10.9 Å². The topological polar surface area (TPSA) is 59.2 Å². The zero-order chi connectivity index (χ0) is 15.7. The lowest BCUT2D eigenvalue weighted by atomic mass is 10.1. The number of aromatic nitrogens is 2. The van der Waals surface area contributed by atoms with E-state index >= 15 is 0 Å². The van der Waals surface area contributed by atoms with Gasteiger partial charge in [0.25, 0.3) is 0 Å². The summed E-state index contributed by atoms with van der Waals surface area (Å²) in [5.74, 6) is 0.622. The van der Waals surface area contributed by atoms with Crippen LogP contribution in [0.1, 0.15) is 17.0 Å². The predicted octanol–water partition coefficient (Wildman–Crippen LogP) is 3.05. The Morgan fingerprint density at radius 2 is 2.05 bits per heavy atom. The molecule has 0 N–H and O–H groups in total. The lowest BCUT2D eigenvalue weighted by Crippen LogP contribution is -2.28. The number of hydrogen-bond acceptors (Lipinski definition) is 4. The van der Waals surface area contributed by atoms with Crippen molar-refractivity contribution >= 4 is 22.5 Å². The van der Waals surface area contributed by atoms with Crippen molar-refractivity contribution in [1.82, 2.24) is 10.1 Å². The molecule has 0 spiro atoms. The minimum atomic E-state index is -0.0218. The first-order valence-electron chi connectivity index (χ1n) is 7.09. The molecule has 3 aromatic rings. The molecule has 112 valence electrons. The summed E-state index contributed by atoms with van der Waals surface area (Å²) in [4.78, 5) is 18.5.